The van der Waals surface area contributed by atoms with Crippen LogP contribution >= 0.6 is 31.5 Å². The van der Waals surface area contributed by atoms with Crippen molar-refractivity contribution in [3.63, 3.8) is 0 Å². The maximum absolute atomic E-state index is 13.9. The monoisotopic (exact) mass is 1250 g/mol. The largest absolute Gasteiger partial charge is 0.565 e. The van der Waals surface area contributed by atoms with Gasteiger partial charge in [0.05, 0.1) is 66.2 Å². The van der Waals surface area contributed by atoms with E-state index in [2.05, 4.69) is 30.4 Å². The highest BCUT2D eigenvalue weighted by molar-refractivity contribution is 7.30. The van der Waals surface area contributed by atoms with Gasteiger partial charge in [-0.3, -0.25) is 20.2 Å². The van der Waals surface area contributed by atoms with Crippen LogP contribution in [0.3, 0.4) is 0 Å². The van der Waals surface area contributed by atoms with Crippen LogP contribution in [0.2, 0.25) is 10.0 Å². The van der Waals surface area contributed by atoms with Gasteiger partial charge >= 0.3 is 26.5 Å². The number of carbonyl (C=O) groups is 5. The molecule has 466 valence electrons. The third kappa shape index (κ3) is 16.7. The van der Waals surface area contributed by atoms with Crippen molar-refractivity contribution in [3.05, 3.63) is 105 Å². The summed E-state index contributed by atoms with van der Waals surface area (Å²) in [6, 6.07) is 13.1. The Morgan fingerprint density at radius 2 is 1.16 bits per heavy atom. The second kappa shape index (κ2) is 29.8. The van der Waals surface area contributed by atoms with Gasteiger partial charge in [0.25, 0.3) is 11.8 Å². The Hall–Kier alpha value is -7.45. The van der Waals surface area contributed by atoms with Crippen LogP contribution in [-0.2, 0) is 23.5 Å². The van der Waals surface area contributed by atoms with E-state index in [0.29, 0.717) is 59.2 Å². The number of amides is 5. The van der Waals surface area contributed by atoms with Crippen molar-refractivity contribution in [3.8, 4) is 0 Å². The number of benzene rings is 2. The average molecular weight is 1250 g/mol. The van der Waals surface area contributed by atoms with Crippen LogP contribution in [0.1, 0.15) is 144 Å². The van der Waals surface area contributed by atoms with E-state index < -0.39 is 32.1 Å². The second-order valence-electron chi connectivity index (χ2n) is 21.8. The molecule has 2 aromatic carbocycles. The molecule has 6 aromatic rings. The molecule has 0 aliphatic carbocycles. The number of aromatic nitrogens is 6. The number of methoxy groups -OCH3 is 2. The molecule has 6 N–H and O–H groups in total. The number of carbonyl (C=O) groups excluding carboxylic acids is 5. The molecule has 4 saturated heterocycles. The summed E-state index contributed by atoms with van der Waals surface area (Å²) in [5, 5.41) is 25.7. The number of nitrogens with zero attached hydrogens (tertiary/aromatic N) is 10. The minimum absolute atomic E-state index is 0. The Morgan fingerprint density at radius 3 is 1.57 bits per heavy atom. The van der Waals surface area contributed by atoms with Gasteiger partial charge in [-0.05, 0) is 127 Å². The molecule has 4 fully saturated rings. The van der Waals surface area contributed by atoms with Gasteiger partial charge in [-0.15, -0.1) is 0 Å². The molecule has 26 nitrogen and oxygen atoms in total. The van der Waals surface area contributed by atoms with E-state index >= 15 is 0 Å². The van der Waals surface area contributed by atoms with Crippen LogP contribution < -0.4 is 36.4 Å². The van der Waals surface area contributed by atoms with E-state index in [-0.39, 0.29) is 43.0 Å². The van der Waals surface area contributed by atoms with E-state index in [4.69, 9.17) is 79.4 Å². The summed E-state index contributed by atoms with van der Waals surface area (Å²) >= 11 is 12.5. The van der Waals surface area contributed by atoms with Crippen LogP contribution in [-0.4, -0.2) is 146 Å². The van der Waals surface area contributed by atoms with E-state index in [0.717, 1.165) is 111 Å². The van der Waals surface area contributed by atoms with E-state index in [1.165, 1.54) is 14.2 Å². The standard InChI is InChI=1S/C30H38ClN7O5.C25H30ClN7O3.C2H6.HO4P.H2/c1-18-16-38-25(34-26(18)36-13-11-20(17-36)32-29(41)43-30(2,3)4)15-23(35-38)24-8-6-7-12-37(24)27(39)21-14-19(31)9-10-22(21)33-28(40)42-5;1-15-13-33-22(29-23(15)31-10-8-17(27)14-31)12-20(30-33)21-5-3-4-9-32(21)24(34)18-11-16(26)6-7-19(18)28-25(35)36-2;1-2;1-4-5(2)3;/h9-10,14-16,20,24H,6-8,11-13,17H2,1-5H3,(H,32,41)(H,33,40);6-7,11-13,17,21H,3-5,8-10,14,27H2,1-2H3,(H,28,35);1-2H3;1H;1H/t20-,24-;17-,21-;;;/m00.../s1/i;;1D;;. The van der Waals surface area contributed by atoms with E-state index in [9.17, 15) is 24.0 Å². The third-order valence-corrected chi connectivity index (χ3v) is 15.1. The van der Waals surface area contributed by atoms with Crippen LogP contribution in [0, 0.1) is 13.8 Å². The summed E-state index contributed by atoms with van der Waals surface area (Å²) in [6.45, 7) is 16.0. The molecule has 0 radical (unpaired) electrons. The van der Waals surface area contributed by atoms with Gasteiger partial charge in [-0.1, -0.05) is 37.0 Å². The Kier molecular flexibility index (Phi) is 22.3. The lowest BCUT2D eigenvalue weighted by Crippen LogP contribution is -2.40. The number of aryl methyl sites for hydroxylation is 2. The first-order valence-corrected chi connectivity index (χ1v) is 29.9. The predicted octanol–water partition coefficient (Wildman–Crippen LogP) is 9.88. The molecule has 4 aliphatic heterocycles. The van der Waals surface area contributed by atoms with Crippen LogP contribution in [0.4, 0.5) is 37.4 Å². The molecule has 1 unspecified atom stereocenters. The smallest absolute Gasteiger partial charge is 0.521 e. The molecule has 8 heterocycles. The molecule has 0 bridgehead atoms. The number of nitrogens with one attached hydrogen (secondary N) is 3. The van der Waals surface area contributed by atoms with E-state index in [1.807, 2.05) is 64.0 Å². The van der Waals surface area contributed by atoms with Gasteiger partial charge < -0.3 is 49.8 Å². The molecular weight excluding hydrogens is 1170 g/mol. The normalized spacial score (nSPS) is 18.8. The zero-order valence-corrected chi connectivity index (χ0v) is 51.8. The second-order valence-corrected chi connectivity index (χ2v) is 23.2. The first kappa shape index (κ1) is 64.5. The SMILES string of the molecule is COC(=O)Nc1ccc(Cl)cc1C(=O)N1CCCC[C@H]1c1cc2nc(N3CC[C@H](N)C3)c(C)cn2n1.COC(=O)Nc1ccc(Cl)cc1C(=O)N1CCCC[C@H]1c1cc2nc(N3CC[C@H](NC(=O)OC(C)(C)C)C3)c(C)cn2n1.O=[P+]([O-])OO.[2H]CC.[HH]. The minimum atomic E-state index is -3.04. The van der Waals surface area contributed by atoms with Crippen molar-refractivity contribution in [1.29, 1.82) is 0 Å². The lowest BCUT2D eigenvalue weighted by Gasteiger charge is -2.35. The summed E-state index contributed by atoms with van der Waals surface area (Å²) in [5.74, 6) is 1.29. The van der Waals surface area contributed by atoms with Crippen LogP contribution in [0.15, 0.2) is 60.9 Å². The Morgan fingerprint density at radius 1 is 0.721 bits per heavy atom. The highest BCUT2D eigenvalue weighted by Crippen LogP contribution is 2.37. The lowest BCUT2D eigenvalue weighted by molar-refractivity contribution is -0.244. The molecule has 4 aromatic heterocycles. The van der Waals surface area contributed by atoms with Gasteiger partial charge in [0.15, 0.2) is 11.3 Å². The molecule has 5 atom stereocenters. The number of hydrogen-bond acceptors (Lipinski definition) is 19. The quantitative estimate of drug-likeness (QED) is 0.0368. The lowest BCUT2D eigenvalue weighted by atomic mass is 9.98. The number of alkyl carbamates (subject to hydrolysis) is 1. The summed E-state index contributed by atoms with van der Waals surface area (Å²) < 4.78 is 36.2. The minimum Gasteiger partial charge on any atom is -0.565 e. The van der Waals surface area contributed by atoms with Gasteiger partial charge in [0.1, 0.15) is 17.2 Å². The summed E-state index contributed by atoms with van der Waals surface area (Å²) in [7, 11) is -0.504. The summed E-state index contributed by atoms with van der Waals surface area (Å²) in [6.07, 6.45) is 9.10. The number of rotatable bonds is 10. The van der Waals surface area contributed by atoms with E-state index in [1.54, 1.807) is 57.3 Å². The van der Waals surface area contributed by atoms with Crippen LogP contribution in [0.5, 0.6) is 0 Å². The number of likely N-dealkylation sites (tertiary alicyclic amines) is 2. The number of halogens is 2. The molecule has 86 heavy (non-hydrogen) atoms. The molecule has 10 rings (SSSR count). The highest BCUT2D eigenvalue weighted by atomic mass is 35.5. The zero-order valence-electron chi connectivity index (χ0n) is 50.4. The first-order valence-electron chi connectivity index (χ1n) is 28.8. The molecular formula is C57H77Cl2N14O12P. The average Bonchev–Trinajstić information content (AvgIpc) is 1.90. The first-order chi connectivity index (χ1) is 41.4. The molecule has 5 amide bonds. The molecule has 4 aliphatic rings. The third-order valence-electron chi connectivity index (χ3n) is 14.5. The number of hydrogen-bond donors (Lipinski definition) is 5. The fourth-order valence-corrected chi connectivity index (χ4v) is 11.1. The van der Waals surface area contributed by atoms with Gasteiger partial charge in [0, 0.05) is 98.5 Å². The van der Waals surface area contributed by atoms with Crippen molar-refractivity contribution in [2.75, 3.05) is 73.9 Å². The Bertz CT molecular complexity index is 3450. The molecule has 0 spiro atoms. The van der Waals surface area contributed by atoms with Gasteiger partial charge in [-0.25, -0.2) is 38.6 Å². The fraction of sp³-hybridized carbons (Fsp3) is 0.491. The maximum Gasteiger partial charge on any atom is 0.521 e. The van der Waals surface area contributed by atoms with Crippen LogP contribution in [0.25, 0.3) is 11.3 Å². The predicted molar refractivity (Wildman–Crippen MR) is 325 cm³/mol. The summed E-state index contributed by atoms with van der Waals surface area (Å²) in [5.41, 5.74) is 11.7. The topological polar surface area (TPSA) is 318 Å². The maximum atomic E-state index is 13.9. The van der Waals surface area contributed by atoms with Gasteiger partial charge in [-0.2, -0.15) is 10.2 Å². The molecule has 0 saturated carbocycles. The number of fused-ring (bicyclic) bond motifs is 2. The van der Waals surface area contributed by atoms with Crippen molar-refractivity contribution in [1.82, 2.24) is 44.3 Å². The summed E-state index contributed by atoms with van der Waals surface area (Å²) in [4.78, 5) is 90.5. The van der Waals surface area contributed by atoms with Gasteiger partial charge in [0.2, 0.25) is 0 Å². The Balaban J connectivity index is 0.000000250. The number of ether oxygens (including phenoxy) is 3. The highest BCUT2D eigenvalue weighted by Gasteiger charge is 2.35. The van der Waals surface area contributed by atoms with Crippen molar-refractivity contribution >= 4 is 95.9 Å². The molecule has 29 heteroatoms. The van der Waals surface area contributed by atoms with Crippen molar-refractivity contribution in [2.45, 2.75) is 130 Å². The Labute approximate surface area is 512 Å². The number of piperidine rings is 2. The number of anilines is 4. The number of nitrogens with two attached hydrogens (primary N) is 1. The zero-order chi connectivity index (χ0) is 63.3. The van der Waals surface area contributed by atoms with Crippen molar-refractivity contribution < 1.29 is 60.4 Å². The van der Waals surface area contributed by atoms with Crippen molar-refractivity contribution in [2.24, 2.45) is 5.73 Å². The fourth-order valence-electron chi connectivity index (χ4n) is 10.7.